The summed E-state index contributed by atoms with van der Waals surface area (Å²) in [6.45, 7) is 15.3. The summed E-state index contributed by atoms with van der Waals surface area (Å²) in [6.07, 6.45) is 4.73. The van der Waals surface area contributed by atoms with E-state index in [4.69, 9.17) is 0 Å². The molecule has 1 aromatic rings. The third kappa shape index (κ3) is 4.47. The van der Waals surface area contributed by atoms with E-state index < -0.39 is 5.54 Å². The second kappa shape index (κ2) is 8.60. The van der Waals surface area contributed by atoms with E-state index >= 15 is 0 Å². The molecule has 28 heavy (non-hydrogen) atoms. The monoisotopic (exact) mass is 386 g/mol. The van der Waals surface area contributed by atoms with E-state index in [-0.39, 0.29) is 11.3 Å². The second-order valence-electron chi connectivity index (χ2n) is 9.75. The Kier molecular flexibility index (Phi) is 6.58. The predicted molar refractivity (Wildman–Crippen MR) is 115 cm³/mol. The van der Waals surface area contributed by atoms with Crippen LogP contribution in [-0.4, -0.2) is 82.9 Å². The van der Waals surface area contributed by atoms with Gasteiger partial charge in [0.05, 0.1) is 5.54 Å². The fourth-order valence-electron chi connectivity index (χ4n) is 4.78. The van der Waals surface area contributed by atoms with Gasteiger partial charge in [-0.1, -0.05) is 19.9 Å². The number of hydrogen-bond acceptors (Lipinski definition) is 5. The maximum Gasteiger partial charge on any atom is 0.201 e. The average Bonchev–Trinajstić information content (AvgIpc) is 2.69. The Hall–Kier alpha value is -1.30. The number of pyridine rings is 1. The highest BCUT2D eigenvalue weighted by atomic mass is 16.1. The molecule has 2 saturated heterocycles. The van der Waals surface area contributed by atoms with E-state index in [1.54, 1.807) is 6.20 Å². The fraction of sp³-hybridized carbons (Fsp3) is 0.739. The van der Waals surface area contributed by atoms with Crippen LogP contribution in [0.5, 0.6) is 0 Å². The van der Waals surface area contributed by atoms with Crippen LogP contribution < -0.4 is 0 Å². The number of aromatic nitrogens is 1. The van der Waals surface area contributed by atoms with Crippen molar-refractivity contribution >= 4 is 5.78 Å². The van der Waals surface area contributed by atoms with Crippen LogP contribution in [0.1, 0.15) is 57.4 Å². The minimum Gasteiger partial charge on any atom is -0.301 e. The van der Waals surface area contributed by atoms with E-state index in [0.717, 1.165) is 51.5 Å². The fourth-order valence-corrected chi connectivity index (χ4v) is 4.78. The molecule has 5 nitrogen and oxygen atoms in total. The van der Waals surface area contributed by atoms with Crippen molar-refractivity contribution in [3.8, 4) is 0 Å². The Morgan fingerprint density at radius 3 is 2.43 bits per heavy atom. The molecule has 156 valence electrons. The van der Waals surface area contributed by atoms with Gasteiger partial charge in [-0.05, 0) is 64.8 Å². The maximum absolute atomic E-state index is 13.8. The summed E-state index contributed by atoms with van der Waals surface area (Å²) in [4.78, 5) is 25.7. The molecule has 0 radical (unpaired) electrons. The van der Waals surface area contributed by atoms with Gasteiger partial charge < -0.3 is 9.80 Å². The molecule has 1 unspecified atom stereocenters. The highest BCUT2D eigenvalue weighted by Gasteiger charge is 2.52. The lowest BCUT2D eigenvalue weighted by Crippen LogP contribution is -2.67. The summed E-state index contributed by atoms with van der Waals surface area (Å²) in [5.74, 6) is 0.953. The van der Waals surface area contributed by atoms with Gasteiger partial charge in [0.2, 0.25) is 5.78 Å². The van der Waals surface area contributed by atoms with E-state index in [9.17, 15) is 4.79 Å². The number of likely N-dealkylation sites (tertiary alicyclic amines) is 1. The van der Waals surface area contributed by atoms with Crippen molar-refractivity contribution in [1.29, 1.82) is 0 Å². The normalized spacial score (nSPS) is 27.2. The van der Waals surface area contributed by atoms with E-state index in [1.807, 2.05) is 18.2 Å². The van der Waals surface area contributed by atoms with Crippen LogP contribution in [-0.2, 0) is 0 Å². The Labute approximate surface area is 171 Å². The summed E-state index contributed by atoms with van der Waals surface area (Å²) in [6, 6.07) is 5.70. The van der Waals surface area contributed by atoms with E-state index in [2.05, 4.69) is 54.4 Å². The zero-order valence-corrected chi connectivity index (χ0v) is 18.4. The quantitative estimate of drug-likeness (QED) is 0.702. The molecule has 1 aromatic heterocycles. The first kappa shape index (κ1) is 21.4. The number of piperidine rings is 1. The summed E-state index contributed by atoms with van der Waals surface area (Å²) >= 11 is 0. The second-order valence-corrected chi connectivity index (χ2v) is 9.75. The van der Waals surface area contributed by atoms with Crippen molar-refractivity contribution in [1.82, 2.24) is 19.7 Å². The van der Waals surface area contributed by atoms with E-state index in [1.165, 1.54) is 13.0 Å². The largest absolute Gasteiger partial charge is 0.301 e. The van der Waals surface area contributed by atoms with Gasteiger partial charge in [-0.2, -0.15) is 0 Å². The highest BCUT2D eigenvalue weighted by Crippen LogP contribution is 2.40. The lowest BCUT2D eigenvalue weighted by Gasteiger charge is -2.55. The molecule has 2 fully saturated rings. The van der Waals surface area contributed by atoms with Gasteiger partial charge in [0.1, 0.15) is 5.69 Å². The number of piperazine rings is 1. The first-order valence-electron chi connectivity index (χ1n) is 10.9. The van der Waals surface area contributed by atoms with Crippen molar-refractivity contribution in [2.24, 2.45) is 5.92 Å². The van der Waals surface area contributed by atoms with Gasteiger partial charge in [-0.15, -0.1) is 0 Å². The number of Topliss-reactive ketones (excluding diaryl/α,β-unsaturated/α-hetero) is 1. The number of rotatable bonds is 6. The third-order valence-electron chi connectivity index (χ3n) is 6.94. The average molecular weight is 387 g/mol. The lowest BCUT2D eigenvalue weighted by molar-refractivity contribution is -0.0358. The van der Waals surface area contributed by atoms with Crippen LogP contribution in [0.4, 0.5) is 0 Å². The summed E-state index contributed by atoms with van der Waals surface area (Å²) in [5.41, 5.74) is 0.177. The molecule has 2 aliphatic heterocycles. The van der Waals surface area contributed by atoms with Crippen LogP contribution in [0.3, 0.4) is 0 Å². The molecular formula is C23H38N4O. The maximum atomic E-state index is 13.8. The van der Waals surface area contributed by atoms with Crippen LogP contribution in [0.15, 0.2) is 24.4 Å². The van der Waals surface area contributed by atoms with Crippen molar-refractivity contribution in [2.45, 2.75) is 58.0 Å². The van der Waals surface area contributed by atoms with Crippen LogP contribution >= 0.6 is 0 Å². The minimum absolute atomic E-state index is 0.00251. The predicted octanol–water partition coefficient (Wildman–Crippen LogP) is 3.17. The Bertz CT molecular complexity index is 652. The first-order valence-corrected chi connectivity index (χ1v) is 10.9. The smallest absolute Gasteiger partial charge is 0.201 e. The highest BCUT2D eigenvalue weighted by molar-refractivity contribution is 6.02. The molecule has 3 heterocycles. The minimum atomic E-state index is -0.436. The Balaban J connectivity index is 1.81. The summed E-state index contributed by atoms with van der Waals surface area (Å²) in [7, 11) is 2.18. The number of hydrogen-bond donors (Lipinski definition) is 0. The SMILES string of the molecule is CC(C)CCN1CCN(C2(C(=O)c3ccccn3)CCN(C)C(C)(C)C2)CC1. The zero-order valence-electron chi connectivity index (χ0n) is 18.4. The number of ketones is 1. The van der Waals surface area contributed by atoms with Crippen molar-refractivity contribution in [3.05, 3.63) is 30.1 Å². The standard InChI is InChI=1S/C23H38N4O/c1-19(2)9-12-26-14-16-27(17-15-26)23(10-13-25(5)22(3,4)18-23)21(28)20-8-6-7-11-24-20/h6-8,11,19H,9-10,12-18H2,1-5H3. The summed E-state index contributed by atoms with van der Waals surface area (Å²) < 4.78 is 0. The van der Waals surface area contributed by atoms with Gasteiger partial charge in [0.25, 0.3) is 0 Å². The molecule has 1 atom stereocenters. The molecule has 0 amide bonds. The molecule has 0 saturated carbocycles. The van der Waals surface area contributed by atoms with Crippen LogP contribution in [0.25, 0.3) is 0 Å². The van der Waals surface area contributed by atoms with Gasteiger partial charge in [-0.3, -0.25) is 14.7 Å². The van der Waals surface area contributed by atoms with E-state index in [0.29, 0.717) is 5.69 Å². The first-order chi connectivity index (χ1) is 13.2. The third-order valence-corrected chi connectivity index (χ3v) is 6.94. The zero-order chi connectivity index (χ0) is 20.4. The summed E-state index contributed by atoms with van der Waals surface area (Å²) in [5, 5.41) is 0. The molecule has 0 aliphatic carbocycles. The number of carbonyl (C=O) groups is 1. The molecule has 3 rings (SSSR count). The topological polar surface area (TPSA) is 39.7 Å². The van der Waals surface area contributed by atoms with Crippen molar-refractivity contribution in [3.63, 3.8) is 0 Å². The van der Waals surface area contributed by atoms with Crippen molar-refractivity contribution < 1.29 is 4.79 Å². The molecule has 2 aliphatic rings. The van der Waals surface area contributed by atoms with Gasteiger partial charge in [0.15, 0.2) is 0 Å². The Morgan fingerprint density at radius 2 is 1.86 bits per heavy atom. The molecule has 0 spiro atoms. The van der Waals surface area contributed by atoms with Crippen LogP contribution in [0.2, 0.25) is 0 Å². The molecular weight excluding hydrogens is 348 g/mol. The molecule has 0 aromatic carbocycles. The van der Waals surface area contributed by atoms with Gasteiger partial charge >= 0.3 is 0 Å². The molecule has 0 bridgehead atoms. The number of carbonyl (C=O) groups excluding carboxylic acids is 1. The molecule has 0 N–H and O–H groups in total. The van der Waals surface area contributed by atoms with Crippen LogP contribution in [0, 0.1) is 5.92 Å². The lowest BCUT2D eigenvalue weighted by atomic mass is 9.72. The van der Waals surface area contributed by atoms with Crippen molar-refractivity contribution in [2.75, 3.05) is 46.3 Å². The van der Waals surface area contributed by atoms with Gasteiger partial charge in [-0.25, -0.2) is 0 Å². The Morgan fingerprint density at radius 1 is 1.14 bits per heavy atom. The molecule has 5 heteroatoms. The van der Waals surface area contributed by atoms with Gasteiger partial charge in [0, 0.05) is 44.5 Å². The number of nitrogens with zero attached hydrogens (tertiary/aromatic N) is 4.